The van der Waals surface area contributed by atoms with E-state index in [0.717, 1.165) is 11.3 Å². The molecule has 0 aliphatic heterocycles. The molecule has 0 bridgehead atoms. The van der Waals surface area contributed by atoms with Crippen LogP contribution in [0.5, 0.6) is 0 Å². The Morgan fingerprint density at radius 2 is 1.86 bits per heavy atom. The Hall–Kier alpha value is -2.83. The molecule has 0 radical (unpaired) electrons. The lowest BCUT2D eigenvalue weighted by Crippen LogP contribution is -2.51. The minimum atomic E-state index is -0.642. The van der Waals surface area contributed by atoms with Crippen molar-refractivity contribution in [2.75, 3.05) is 6.54 Å². The largest absolute Gasteiger partial charge is 0.444 e. The molecule has 1 heterocycles. The molecule has 0 fully saturated rings. The van der Waals surface area contributed by atoms with Crippen molar-refractivity contribution in [1.82, 2.24) is 20.4 Å². The first-order valence-corrected chi connectivity index (χ1v) is 9.52. The lowest BCUT2D eigenvalue weighted by atomic mass is 10.0. The maximum absolute atomic E-state index is 12.5. The van der Waals surface area contributed by atoms with Gasteiger partial charge in [-0.25, -0.2) is 9.48 Å². The third-order valence-electron chi connectivity index (χ3n) is 4.04. The number of rotatable bonds is 7. The Morgan fingerprint density at radius 1 is 1.18 bits per heavy atom. The van der Waals surface area contributed by atoms with Gasteiger partial charge in [-0.1, -0.05) is 26.0 Å². The van der Waals surface area contributed by atoms with E-state index in [1.807, 2.05) is 50.4 Å². The summed E-state index contributed by atoms with van der Waals surface area (Å²) in [5.74, 6) is -0.269. The summed E-state index contributed by atoms with van der Waals surface area (Å²) in [7, 11) is 0. The average Bonchev–Trinajstić information content (AvgIpc) is 3.13. The van der Waals surface area contributed by atoms with Crippen molar-refractivity contribution < 1.29 is 14.3 Å². The molecule has 0 saturated heterocycles. The summed E-state index contributed by atoms with van der Waals surface area (Å²) in [5.41, 5.74) is 1.49. The monoisotopic (exact) mass is 386 g/mol. The second-order valence-electron chi connectivity index (χ2n) is 8.03. The van der Waals surface area contributed by atoms with Gasteiger partial charge < -0.3 is 15.4 Å². The fraction of sp³-hybridized carbons (Fsp3) is 0.476. The maximum Gasteiger partial charge on any atom is 0.408 e. The predicted molar refractivity (Wildman–Crippen MR) is 108 cm³/mol. The Labute approximate surface area is 166 Å². The van der Waals surface area contributed by atoms with E-state index in [0.29, 0.717) is 13.0 Å². The van der Waals surface area contributed by atoms with Gasteiger partial charge in [-0.05, 0) is 56.9 Å². The molecule has 0 saturated carbocycles. The molecule has 0 aliphatic carbocycles. The van der Waals surface area contributed by atoms with Crippen LogP contribution in [0.3, 0.4) is 0 Å². The molecule has 2 rings (SSSR count). The molecule has 152 valence electrons. The van der Waals surface area contributed by atoms with Gasteiger partial charge in [0.2, 0.25) is 5.91 Å². The van der Waals surface area contributed by atoms with Crippen molar-refractivity contribution >= 4 is 12.0 Å². The molecule has 0 aliphatic rings. The molecule has 0 spiro atoms. The molecular formula is C21H30N4O3. The Balaban J connectivity index is 1.84. The van der Waals surface area contributed by atoms with Crippen molar-refractivity contribution in [3.05, 3.63) is 48.3 Å². The molecule has 7 nitrogen and oxygen atoms in total. The Kier molecular flexibility index (Phi) is 7.20. The van der Waals surface area contributed by atoms with Crippen LogP contribution < -0.4 is 10.6 Å². The normalized spacial score (nSPS) is 12.5. The van der Waals surface area contributed by atoms with Crippen molar-refractivity contribution in [1.29, 1.82) is 0 Å². The molecule has 2 N–H and O–H groups in total. The third kappa shape index (κ3) is 6.72. The number of aromatic nitrogens is 2. The number of amides is 2. The van der Waals surface area contributed by atoms with Gasteiger partial charge in [0.15, 0.2) is 0 Å². The van der Waals surface area contributed by atoms with E-state index < -0.39 is 17.7 Å². The standard InChI is InChI=1S/C21H30N4O3/c1-15(2)18(24-20(27)28-21(3,4)5)19(26)22-13-11-16-7-9-17(10-8-16)25-14-6-12-23-25/h6-10,12,14-15,18H,11,13H2,1-5H3,(H,22,26)(H,24,27). The van der Waals surface area contributed by atoms with E-state index in [9.17, 15) is 9.59 Å². The highest BCUT2D eigenvalue weighted by molar-refractivity contribution is 5.85. The first kappa shape index (κ1) is 21.5. The van der Waals surface area contributed by atoms with Crippen molar-refractivity contribution in [3.8, 4) is 5.69 Å². The smallest absolute Gasteiger partial charge is 0.408 e. The minimum Gasteiger partial charge on any atom is -0.444 e. The number of alkyl carbamates (subject to hydrolysis) is 1. The van der Waals surface area contributed by atoms with E-state index in [-0.39, 0.29) is 11.8 Å². The molecule has 2 aromatic rings. The summed E-state index contributed by atoms with van der Waals surface area (Å²) in [4.78, 5) is 24.5. The van der Waals surface area contributed by atoms with Gasteiger partial charge in [0, 0.05) is 18.9 Å². The Bertz CT molecular complexity index is 762. The van der Waals surface area contributed by atoms with Crippen LogP contribution in [0.4, 0.5) is 4.79 Å². The topological polar surface area (TPSA) is 85.2 Å². The van der Waals surface area contributed by atoms with E-state index in [1.165, 1.54) is 0 Å². The number of benzene rings is 1. The molecule has 2 amide bonds. The minimum absolute atomic E-state index is 0.0547. The zero-order chi connectivity index (χ0) is 20.7. The maximum atomic E-state index is 12.5. The average molecular weight is 386 g/mol. The van der Waals surface area contributed by atoms with Crippen LogP contribution in [-0.2, 0) is 16.0 Å². The molecule has 28 heavy (non-hydrogen) atoms. The zero-order valence-corrected chi connectivity index (χ0v) is 17.2. The van der Waals surface area contributed by atoms with Crippen molar-refractivity contribution in [2.45, 2.75) is 52.7 Å². The quantitative estimate of drug-likeness (QED) is 0.766. The van der Waals surface area contributed by atoms with E-state index in [2.05, 4.69) is 15.7 Å². The van der Waals surface area contributed by atoms with Gasteiger partial charge in [0.25, 0.3) is 0 Å². The van der Waals surface area contributed by atoms with Gasteiger partial charge >= 0.3 is 6.09 Å². The van der Waals surface area contributed by atoms with Crippen LogP contribution >= 0.6 is 0 Å². The van der Waals surface area contributed by atoms with Gasteiger partial charge in [0.1, 0.15) is 11.6 Å². The zero-order valence-electron chi connectivity index (χ0n) is 17.2. The van der Waals surface area contributed by atoms with Gasteiger partial charge in [-0.15, -0.1) is 0 Å². The fourth-order valence-electron chi connectivity index (χ4n) is 2.65. The molecule has 7 heteroatoms. The first-order chi connectivity index (χ1) is 13.2. The number of hydrogen-bond donors (Lipinski definition) is 2. The first-order valence-electron chi connectivity index (χ1n) is 9.52. The molecule has 1 atom stereocenters. The number of ether oxygens (including phenoxy) is 1. The summed E-state index contributed by atoms with van der Waals surface area (Å²) < 4.78 is 7.04. The molecule has 1 aromatic heterocycles. The van der Waals surface area contributed by atoms with Crippen molar-refractivity contribution in [3.63, 3.8) is 0 Å². The van der Waals surface area contributed by atoms with Gasteiger partial charge in [-0.3, -0.25) is 4.79 Å². The summed E-state index contributed by atoms with van der Waals surface area (Å²) in [6.45, 7) is 9.61. The number of nitrogens with one attached hydrogen (secondary N) is 2. The van der Waals surface area contributed by atoms with Crippen molar-refractivity contribution in [2.24, 2.45) is 5.92 Å². The number of nitrogens with zero attached hydrogens (tertiary/aromatic N) is 2. The van der Waals surface area contributed by atoms with Gasteiger partial charge in [-0.2, -0.15) is 5.10 Å². The highest BCUT2D eigenvalue weighted by atomic mass is 16.6. The van der Waals surface area contributed by atoms with E-state index >= 15 is 0 Å². The van der Waals surface area contributed by atoms with Crippen LogP contribution in [0.25, 0.3) is 5.69 Å². The van der Waals surface area contributed by atoms with Crippen LogP contribution in [0, 0.1) is 5.92 Å². The van der Waals surface area contributed by atoms with Crippen LogP contribution in [0.15, 0.2) is 42.7 Å². The summed E-state index contributed by atoms with van der Waals surface area (Å²) in [6, 6.07) is 9.25. The summed E-state index contributed by atoms with van der Waals surface area (Å²) in [6.07, 6.45) is 3.73. The van der Waals surface area contributed by atoms with E-state index in [1.54, 1.807) is 31.6 Å². The Morgan fingerprint density at radius 3 is 2.39 bits per heavy atom. The number of hydrogen-bond acceptors (Lipinski definition) is 4. The summed E-state index contributed by atoms with van der Waals surface area (Å²) >= 11 is 0. The van der Waals surface area contributed by atoms with Crippen LogP contribution in [0.1, 0.15) is 40.2 Å². The predicted octanol–water partition coefficient (Wildman–Crippen LogP) is 3.08. The fourth-order valence-corrected chi connectivity index (χ4v) is 2.65. The van der Waals surface area contributed by atoms with Gasteiger partial charge in [0.05, 0.1) is 5.69 Å². The number of carbonyl (C=O) groups is 2. The highest BCUT2D eigenvalue weighted by Crippen LogP contribution is 2.10. The lowest BCUT2D eigenvalue weighted by Gasteiger charge is -2.25. The second kappa shape index (κ2) is 9.39. The van der Waals surface area contributed by atoms with Crippen LogP contribution in [-0.4, -0.2) is 40.0 Å². The molecule has 1 aromatic carbocycles. The third-order valence-corrected chi connectivity index (χ3v) is 4.04. The highest BCUT2D eigenvalue weighted by Gasteiger charge is 2.26. The number of carbonyl (C=O) groups excluding carboxylic acids is 2. The lowest BCUT2D eigenvalue weighted by molar-refractivity contribution is -0.124. The van der Waals surface area contributed by atoms with Crippen LogP contribution in [0.2, 0.25) is 0 Å². The van der Waals surface area contributed by atoms with E-state index in [4.69, 9.17) is 4.74 Å². The second-order valence-corrected chi connectivity index (χ2v) is 8.03. The summed E-state index contributed by atoms with van der Waals surface area (Å²) in [5, 5.41) is 9.76. The molecular weight excluding hydrogens is 356 g/mol. The molecule has 1 unspecified atom stereocenters. The SMILES string of the molecule is CC(C)C(NC(=O)OC(C)(C)C)C(=O)NCCc1ccc(-n2cccn2)cc1.